The lowest BCUT2D eigenvalue weighted by Crippen LogP contribution is -2.17. The molecule has 1 amide bonds. The number of pyridine rings is 1. The minimum atomic E-state index is -1.03. The lowest BCUT2D eigenvalue weighted by atomic mass is 10.2. The number of carbonyl (C=O) groups is 2. The number of hydrogen-bond acceptors (Lipinski definition) is 3. The Bertz CT molecular complexity index is 689. The highest BCUT2D eigenvalue weighted by molar-refractivity contribution is 6.02. The lowest BCUT2D eigenvalue weighted by Gasteiger charge is -2.07. The molecular formula is C15H15N3O3. The van der Waals surface area contributed by atoms with Crippen molar-refractivity contribution in [2.75, 3.05) is 5.32 Å². The molecule has 0 fully saturated rings. The number of anilines is 1. The Labute approximate surface area is 121 Å². The van der Waals surface area contributed by atoms with E-state index < -0.39 is 5.97 Å². The summed E-state index contributed by atoms with van der Waals surface area (Å²) >= 11 is 0. The number of hydrogen-bond donors (Lipinski definition) is 2. The summed E-state index contributed by atoms with van der Waals surface area (Å²) in [6, 6.07) is 6.80. The maximum Gasteiger partial charge on any atom is 0.328 e. The summed E-state index contributed by atoms with van der Waals surface area (Å²) in [6.07, 6.45) is 5.81. The van der Waals surface area contributed by atoms with Gasteiger partial charge in [0.15, 0.2) is 0 Å². The Kier molecular flexibility index (Phi) is 4.50. The van der Waals surface area contributed by atoms with Crippen molar-refractivity contribution in [2.24, 2.45) is 0 Å². The molecule has 6 heteroatoms. The number of nitrogens with one attached hydrogen (secondary N) is 1. The van der Waals surface area contributed by atoms with Gasteiger partial charge in [-0.2, -0.15) is 0 Å². The number of aliphatic carboxylic acids is 1. The molecule has 0 aliphatic heterocycles. The van der Waals surface area contributed by atoms with E-state index in [1.807, 2.05) is 17.7 Å². The zero-order chi connectivity index (χ0) is 15.2. The Morgan fingerprint density at radius 3 is 2.95 bits per heavy atom. The predicted octanol–water partition coefficient (Wildman–Crippen LogP) is 2.25. The molecule has 2 rings (SSSR count). The highest BCUT2D eigenvalue weighted by atomic mass is 16.4. The Hall–Kier alpha value is -2.89. The number of carboxylic acids is 1. The van der Waals surface area contributed by atoms with E-state index in [9.17, 15) is 9.59 Å². The van der Waals surface area contributed by atoms with Gasteiger partial charge in [0.1, 0.15) is 11.5 Å². The number of nitrogens with zero attached hydrogens (tertiary/aromatic N) is 2. The van der Waals surface area contributed by atoms with E-state index in [2.05, 4.69) is 10.3 Å². The maximum absolute atomic E-state index is 12.1. The third-order valence-corrected chi connectivity index (χ3v) is 2.85. The average Bonchev–Trinajstić information content (AvgIpc) is 2.94. The molecule has 0 bridgehead atoms. The monoisotopic (exact) mass is 285 g/mol. The average molecular weight is 285 g/mol. The highest BCUT2D eigenvalue weighted by Crippen LogP contribution is 2.11. The first-order chi connectivity index (χ1) is 10.1. The fourth-order valence-electron chi connectivity index (χ4n) is 1.86. The number of carbonyl (C=O) groups excluding carboxylic acids is 1. The topological polar surface area (TPSA) is 84.2 Å². The molecule has 0 aliphatic rings. The summed E-state index contributed by atoms with van der Waals surface area (Å²) in [5, 5.41) is 11.3. The molecule has 0 spiro atoms. The van der Waals surface area contributed by atoms with Gasteiger partial charge in [0, 0.05) is 25.0 Å². The van der Waals surface area contributed by atoms with E-state index in [-0.39, 0.29) is 5.91 Å². The quantitative estimate of drug-likeness (QED) is 0.825. The molecule has 2 aromatic rings. The molecule has 2 N–H and O–H groups in total. The second-order valence-electron chi connectivity index (χ2n) is 4.28. The van der Waals surface area contributed by atoms with Gasteiger partial charge in [-0.3, -0.25) is 4.79 Å². The largest absolute Gasteiger partial charge is 0.478 e. The molecule has 21 heavy (non-hydrogen) atoms. The van der Waals surface area contributed by atoms with Gasteiger partial charge in [-0.05, 0) is 42.8 Å². The summed E-state index contributed by atoms with van der Waals surface area (Å²) in [7, 11) is 0. The third kappa shape index (κ3) is 3.79. The number of amides is 1. The first-order valence-corrected chi connectivity index (χ1v) is 6.43. The van der Waals surface area contributed by atoms with Crippen LogP contribution in [0.1, 0.15) is 23.0 Å². The number of aryl methyl sites for hydroxylation is 1. The smallest absolute Gasteiger partial charge is 0.328 e. The van der Waals surface area contributed by atoms with Gasteiger partial charge in [-0.25, -0.2) is 9.78 Å². The number of rotatable bonds is 5. The van der Waals surface area contributed by atoms with Gasteiger partial charge in [-0.15, -0.1) is 0 Å². The van der Waals surface area contributed by atoms with E-state index in [0.717, 1.165) is 6.08 Å². The molecule has 2 heterocycles. The first-order valence-electron chi connectivity index (χ1n) is 6.43. The van der Waals surface area contributed by atoms with Gasteiger partial charge in [0.2, 0.25) is 0 Å². The Balaban J connectivity index is 2.14. The van der Waals surface area contributed by atoms with Crippen molar-refractivity contribution >= 4 is 23.8 Å². The molecule has 2 aromatic heterocycles. The number of aromatic nitrogens is 2. The summed E-state index contributed by atoms with van der Waals surface area (Å²) < 4.78 is 1.82. The zero-order valence-corrected chi connectivity index (χ0v) is 11.5. The van der Waals surface area contributed by atoms with Gasteiger partial charge in [0.05, 0.1) is 0 Å². The van der Waals surface area contributed by atoms with Gasteiger partial charge >= 0.3 is 5.97 Å². The maximum atomic E-state index is 12.1. The van der Waals surface area contributed by atoms with Crippen molar-refractivity contribution in [3.8, 4) is 0 Å². The first kappa shape index (κ1) is 14.5. The minimum absolute atomic E-state index is 0.256. The van der Waals surface area contributed by atoms with Crippen LogP contribution in [0.15, 0.2) is 42.7 Å². The van der Waals surface area contributed by atoms with E-state index >= 15 is 0 Å². The van der Waals surface area contributed by atoms with Crippen molar-refractivity contribution in [1.82, 2.24) is 9.55 Å². The molecule has 0 saturated carbocycles. The van der Waals surface area contributed by atoms with Gasteiger partial charge in [0.25, 0.3) is 5.91 Å². The van der Waals surface area contributed by atoms with Crippen LogP contribution in [-0.2, 0) is 11.3 Å². The van der Waals surface area contributed by atoms with E-state index in [0.29, 0.717) is 23.6 Å². The Morgan fingerprint density at radius 1 is 1.43 bits per heavy atom. The summed E-state index contributed by atoms with van der Waals surface area (Å²) in [5.41, 5.74) is 1.19. The van der Waals surface area contributed by atoms with Crippen LogP contribution in [0.2, 0.25) is 0 Å². The van der Waals surface area contributed by atoms with Crippen molar-refractivity contribution in [3.63, 3.8) is 0 Å². The normalized spacial score (nSPS) is 10.7. The molecule has 0 radical (unpaired) electrons. The summed E-state index contributed by atoms with van der Waals surface area (Å²) in [4.78, 5) is 26.7. The van der Waals surface area contributed by atoms with E-state index in [1.165, 1.54) is 12.3 Å². The van der Waals surface area contributed by atoms with E-state index in [4.69, 9.17) is 5.11 Å². The van der Waals surface area contributed by atoms with E-state index in [1.54, 1.807) is 24.3 Å². The molecule has 6 nitrogen and oxygen atoms in total. The van der Waals surface area contributed by atoms with Crippen LogP contribution in [0.5, 0.6) is 0 Å². The number of carboxylic acid groups (broad SMARTS) is 1. The van der Waals surface area contributed by atoms with Crippen molar-refractivity contribution in [1.29, 1.82) is 0 Å². The highest BCUT2D eigenvalue weighted by Gasteiger charge is 2.10. The molecule has 0 aromatic carbocycles. The molecule has 0 aliphatic carbocycles. The predicted molar refractivity (Wildman–Crippen MR) is 79.0 cm³/mol. The zero-order valence-electron chi connectivity index (χ0n) is 11.5. The van der Waals surface area contributed by atoms with Gasteiger partial charge in [-0.1, -0.05) is 0 Å². The van der Waals surface area contributed by atoms with Crippen LogP contribution in [0.3, 0.4) is 0 Å². The van der Waals surface area contributed by atoms with Crippen molar-refractivity contribution in [2.45, 2.75) is 13.5 Å². The molecule has 0 atom stereocenters. The fraction of sp³-hybridized carbons (Fsp3) is 0.133. The lowest BCUT2D eigenvalue weighted by molar-refractivity contribution is -0.131. The van der Waals surface area contributed by atoms with Crippen LogP contribution in [0, 0.1) is 0 Å². The molecule has 108 valence electrons. The summed E-state index contributed by atoms with van der Waals surface area (Å²) in [6.45, 7) is 2.65. The third-order valence-electron chi connectivity index (χ3n) is 2.85. The van der Waals surface area contributed by atoms with Crippen molar-refractivity contribution in [3.05, 3.63) is 54.0 Å². The fourth-order valence-corrected chi connectivity index (χ4v) is 1.86. The van der Waals surface area contributed by atoms with Crippen molar-refractivity contribution < 1.29 is 14.7 Å². The minimum Gasteiger partial charge on any atom is -0.478 e. The van der Waals surface area contributed by atoms with Gasteiger partial charge < -0.3 is 15.0 Å². The SMILES string of the molecule is CCn1cccc1C(=O)Nc1cc(/C=C/C(=O)O)ccn1. The second-order valence-corrected chi connectivity index (χ2v) is 4.28. The molecule has 0 unspecified atom stereocenters. The van der Waals surface area contributed by atoms with Crippen LogP contribution >= 0.6 is 0 Å². The standard InChI is InChI=1S/C15H15N3O3/c1-2-18-9-3-4-12(18)15(21)17-13-10-11(7-8-16-13)5-6-14(19)20/h3-10H,2H2,1H3,(H,19,20)(H,16,17,21)/b6-5+. The Morgan fingerprint density at radius 2 is 2.24 bits per heavy atom. The van der Waals surface area contributed by atoms with Crippen LogP contribution < -0.4 is 5.32 Å². The van der Waals surface area contributed by atoms with Crippen LogP contribution in [0.25, 0.3) is 6.08 Å². The van der Waals surface area contributed by atoms with Crippen LogP contribution in [-0.4, -0.2) is 26.5 Å². The molecule has 0 saturated heterocycles. The molecular weight excluding hydrogens is 270 g/mol. The van der Waals surface area contributed by atoms with Crippen LogP contribution in [0.4, 0.5) is 5.82 Å². The second kappa shape index (κ2) is 6.51. The summed E-state index contributed by atoms with van der Waals surface area (Å²) in [5.74, 6) is -0.914.